The van der Waals surface area contributed by atoms with Gasteiger partial charge in [-0.1, -0.05) is 35.3 Å². The van der Waals surface area contributed by atoms with Crippen molar-refractivity contribution >= 4 is 23.2 Å². The van der Waals surface area contributed by atoms with E-state index in [1.54, 1.807) is 39.2 Å². The second kappa shape index (κ2) is 4.71. The van der Waals surface area contributed by atoms with Crippen molar-refractivity contribution in [3.63, 3.8) is 0 Å². The molecular weight excluding hydrogens is 235 g/mol. The smallest absolute Gasteiger partial charge is 0.109 e. The fourth-order valence-electron chi connectivity index (χ4n) is 1.22. The molecule has 1 N–H and O–H groups in total. The highest BCUT2D eigenvalue weighted by Gasteiger charge is 2.30. The first kappa shape index (κ1) is 12.8. The molecule has 0 fully saturated rings. The molecule has 0 aliphatic rings. The van der Waals surface area contributed by atoms with Crippen LogP contribution in [0.2, 0.25) is 10.0 Å². The van der Waals surface area contributed by atoms with Crippen molar-refractivity contribution in [1.82, 2.24) is 0 Å². The Bertz CT molecular complexity index is 350. The lowest BCUT2D eigenvalue weighted by Gasteiger charge is -2.29. The molecule has 2 nitrogen and oxygen atoms in total. The lowest BCUT2D eigenvalue weighted by Crippen LogP contribution is -2.31. The molecule has 0 saturated heterocycles. The molecule has 84 valence electrons. The van der Waals surface area contributed by atoms with E-state index in [9.17, 15) is 5.11 Å². The van der Waals surface area contributed by atoms with Gasteiger partial charge >= 0.3 is 0 Å². The van der Waals surface area contributed by atoms with Crippen molar-refractivity contribution in [2.75, 3.05) is 7.11 Å². The summed E-state index contributed by atoms with van der Waals surface area (Å²) in [5.74, 6) is 0. The topological polar surface area (TPSA) is 29.5 Å². The number of aliphatic hydroxyl groups excluding tert-OH is 1. The molecule has 0 bridgehead atoms. The molecule has 0 aromatic heterocycles. The second-order valence-corrected chi connectivity index (χ2v) is 4.64. The maximum absolute atomic E-state index is 10.1. The van der Waals surface area contributed by atoms with Crippen LogP contribution in [0.5, 0.6) is 0 Å². The Balaban J connectivity index is 3.12. The molecule has 1 aromatic carbocycles. The highest BCUT2D eigenvalue weighted by Crippen LogP contribution is 2.35. The van der Waals surface area contributed by atoms with E-state index in [0.717, 1.165) is 0 Å². The lowest BCUT2D eigenvalue weighted by atomic mass is 9.94. The predicted molar refractivity (Wildman–Crippen MR) is 62.5 cm³/mol. The maximum atomic E-state index is 10.1. The van der Waals surface area contributed by atoms with Gasteiger partial charge in [0.2, 0.25) is 0 Å². The zero-order chi connectivity index (χ0) is 11.6. The monoisotopic (exact) mass is 248 g/mol. The maximum Gasteiger partial charge on any atom is 0.109 e. The number of hydrogen-bond donors (Lipinski definition) is 1. The summed E-state index contributed by atoms with van der Waals surface area (Å²) in [6.07, 6.45) is -0.811. The van der Waals surface area contributed by atoms with Crippen molar-refractivity contribution in [2.24, 2.45) is 0 Å². The molecule has 0 aliphatic carbocycles. The van der Waals surface area contributed by atoms with Crippen molar-refractivity contribution in [3.05, 3.63) is 33.8 Å². The molecule has 1 aromatic rings. The lowest BCUT2D eigenvalue weighted by molar-refractivity contribution is -0.0792. The Morgan fingerprint density at radius 2 is 1.93 bits per heavy atom. The van der Waals surface area contributed by atoms with Crippen molar-refractivity contribution in [1.29, 1.82) is 0 Å². The number of aliphatic hydroxyl groups is 1. The molecule has 0 spiro atoms. The van der Waals surface area contributed by atoms with Gasteiger partial charge in [-0.05, 0) is 19.9 Å². The molecule has 0 saturated carbocycles. The average molecular weight is 249 g/mol. The Kier molecular flexibility index (Phi) is 4.01. The molecule has 0 heterocycles. The number of halogens is 2. The van der Waals surface area contributed by atoms with E-state index in [2.05, 4.69) is 0 Å². The van der Waals surface area contributed by atoms with Crippen LogP contribution in [0.1, 0.15) is 25.5 Å². The van der Waals surface area contributed by atoms with Gasteiger partial charge in [0.25, 0.3) is 0 Å². The van der Waals surface area contributed by atoms with E-state index in [1.807, 2.05) is 0 Å². The predicted octanol–water partition coefficient (Wildman–Crippen LogP) is 3.45. The molecule has 15 heavy (non-hydrogen) atoms. The Morgan fingerprint density at radius 3 is 2.47 bits per heavy atom. The van der Waals surface area contributed by atoms with Gasteiger partial charge in [-0.15, -0.1) is 0 Å². The summed E-state index contributed by atoms with van der Waals surface area (Å²) in [4.78, 5) is 0. The average Bonchev–Trinajstić information content (AvgIpc) is 2.21. The van der Waals surface area contributed by atoms with Gasteiger partial charge in [0.1, 0.15) is 6.10 Å². The van der Waals surface area contributed by atoms with Crippen LogP contribution in [0.4, 0.5) is 0 Å². The first-order valence-corrected chi connectivity index (χ1v) is 5.33. The number of benzene rings is 1. The van der Waals surface area contributed by atoms with E-state index in [-0.39, 0.29) is 0 Å². The van der Waals surface area contributed by atoms with Crippen LogP contribution < -0.4 is 0 Å². The first-order valence-electron chi connectivity index (χ1n) is 4.57. The Hall–Kier alpha value is -0.280. The highest BCUT2D eigenvalue weighted by molar-refractivity contribution is 6.42. The number of hydrogen-bond acceptors (Lipinski definition) is 2. The molecule has 0 radical (unpaired) electrons. The summed E-state index contributed by atoms with van der Waals surface area (Å²) < 4.78 is 5.20. The third-order valence-corrected chi connectivity index (χ3v) is 3.29. The van der Waals surface area contributed by atoms with E-state index in [1.165, 1.54) is 0 Å². The van der Waals surface area contributed by atoms with Crippen LogP contribution in [0.25, 0.3) is 0 Å². The number of ether oxygens (including phenoxy) is 1. The van der Waals surface area contributed by atoms with Crippen LogP contribution in [-0.2, 0) is 4.74 Å². The fourth-order valence-corrected chi connectivity index (χ4v) is 1.63. The SMILES string of the molecule is COC(C)(C)C(O)c1cccc(Cl)c1Cl. The summed E-state index contributed by atoms with van der Waals surface area (Å²) in [6.45, 7) is 3.57. The molecule has 4 heteroatoms. The summed E-state index contributed by atoms with van der Waals surface area (Å²) in [5.41, 5.74) is -0.120. The third-order valence-electron chi connectivity index (χ3n) is 2.46. The molecule has 0 aliphatic heterocycles. The zero-order valence-corrected chi connectivity index (χ0v) is 10.4. The van der Waals surface area contributed by atoms with Crippen molar-refractivity contribution in [2.45, 2.75) is 25.6 Å². The third kappa shape index (κ3) is 2.64. The minimum absolute atomic E-state index is 0.372. The van der Waals surface area contributed by atoms with Crippen LogP contribution in [0.15, 0.2) is 18.2 Å². The van der Waals surface area contributed by atoms with E-state index >= 15 is 0 Å². The van der Waals surface area contributed by atoms with Gasteiger partial charge in [-0.3, -0.25) is 0 Å². The molecule has 1 unspecified atom stereocenters. The normalized spacial score (nSPS) is 14.0. The number of rotatable bonds is 3. The summed E-state index contributed by atoms with van der Waals surface area (Å²) in [6, 6.07) is 5.16. The van der Waals surface area contributed by atoms with Crippen LogP contribution >= 0.6 is 23.2 Å². The van der Waals surface area contributed by atoms with Crippen molar-refractivity contribution < 1.29 is 9.84 Å². The molecule has 1 rings (SSSR count). The summed E-state index contributed by atoms with van der Waals surface area (Å²) in [7, 11) is 1.54. The van der Waals surface area contributed by atoms with E-state index in [4.69, 9.17) is 27.9 Å². The highest BCUT2D eigenvalue weighted by atomic mass is 35.5. The molecule has 1 atom stereocenters. The molecule has 0 amide bonds. The van der Waals surface area contributed by atoms with Gasteiger partial charge in [0, 0.05) is 12.7 Å². The fraction of sp³-hybridized carbons (Fsp3) is 0.455. The van der Waals surface area contributed by atoms with Gasteiger partial charge < -0.3 is 9.84 Å². The minimum atomic E-state index is -0.811. The zero-order valence-electron chi connectivity index (χ0n) is 8.92. The van der Waals surface area contributed by atoms with E-state index < -0.39 is 11.7 Å². The number of methoxy groups -OCH3 is 1. The second-order valence-electron chi connectivity index (χ2n) is 3.85. The molecular formula is C11H14Cl2O2. The van der Waals surface area contributed by atoms with Crippen LogP contribution in [0, 0.1) is 0 Å². The summed E-state index contributed by atoms with van der Waals surface area (Å²) in [5, 5.41) is 10.9. The van der Waals surface area contributed by atoms with Gasteiger partial charge in [-0.2, -0.15) is 0 Å². The van der Waals surface area contributed by atoms with Crippen LogP contribution in [-0.4, -0.2) is 17.8 Å². The minimum Gasteiger partial charge on any atom is -0.385 e. The van der Waals surface area contributed by atoms with Crippen molar-refractivity contribution in [3.8, 4) is 0 Å². The quantitative estimate of drug-likeness (QED) is 0.888. The Labute approximate surface area is 99.8 Å². The summed E-state index contributed by atoms with van der Waals surface area (Å²) >= 11 is 11.9. The standard InChI is InChI=1S/C11H14Cl2O2/c1-11(2,15-3)10(14)7-5-4-6-8(12)9(7)13/h4-6,10,14H,1-3H3. The van der Waals surface area contributed by atoms with Gasteiger partial charge in [0.05, 0.1) is 15.6 Å². The van der Waals surface area contributed by atoms with E-state index in [0.29, 0.717) is 15.6 Å². The van der Waals surface area contributed by atoms with Gasteiger partial charge in [0.15, 0.2) is 0 Å². The largest absolute Gasteiger partial charge is 0.385 e. The first-order chi connectivity index (χ1) is 6.90. The van der Waals surface area contributed by atoms with Crippen LogP contribution in [0.3, 0.4) is 0 Å². The van der Waals surface area contributed by atoms with Gasteiger partial charge in [-0.25, -0.2) is 0 Å². The Morgan fingerprint density at radius 1 is 1.33 bits per heavy atom.